The lowest BCUT2D eigenvalue weighted by molar-refractivity contribution is -0.123. The zero-order valence-corrected chi connectivity index (χ0v) is 17.9. The molecule has 7 nitrogen and oxygen atoms in total. The number of nitrogens with zero attached hydrogens (tertiary/aromatic N) is 2. The van der Waals surface area contributed by atoms with Crippen molar-refractivity contribution in [1.82, 2.24) is 9.78 Å². The number of methoxy groups -OCH3 is 1. The van der Waals surface area contributed by atoms with Gasteiger partial charge in [0.2, 0.25) is 0 Å². The van der Waals surface area contributed by atoms with E-state index in [-0.39, 0.29) is 0 Å². The van der Waals surface area contributed by atoms with Crippen LogP contribution in [-0.2, 0) is 9.53 Å². The molecule has 1 atom stereocenters. The largest absolute Gasteiger partial charge is 0.497 e. The van der Waals surface area contributed by atoms with Crippen LogP contribution in [0.2, 0.25) is 5.02 Å². The Hall–Kier alpha value is -3.32. The Kier molecular flexibility index (Phi) is 6.42. The topological polar surface area (TPSA) is 82.5 Å². The van der Waals surface area contributed by atoms with Crippen molar-refractivity contribution in [2.75, 3.05) is 12.4 Å². The van der Waals surface area contributed by atoms with E-state index in [4.69, 9.17) is 21.1 Å². The SMILES string of the molecule is COc1ccc(NC(=O)C(C)OC(=O)c2ccc(-n3nc(C)c(Cl)c3C)cc2)cc1. The lowest BCUT2D eigenvalue weighted by Crippen LogP contribution is -2.30. The van der Waals surface area contributed by atoms with E-state index in [0.717, 1.165) is 17.1 Å². The Morgan fingerprint density at radius 1 is 1.07 bits per heavy atom. The Balaban J connectivity index is 1.63. The number of esters is 1. The van der Waals surface area contributed by atoms with E-state index in [9.17, 15) is 9.59 Å². The molecule has 0 spiro atoms. The molecule has 156 valence electrons. The summed E-state index contributed by atoms with van der Waals surface area (Å²) in [7, 11) is 1.56. The second-order valence-electron chi connectivity index (χ2n) is 6.71. The Bertz CT molecular complexity index is 1060. The second kappa shape index (κ2) is 9.00. The maximum atomic E-state index is 12.4. The molecule has 2 aromatic carbocycles. The van der Waals surface area contributed by atoms with Crippen LogP contribution in [0, 0.1) is 13.8 Å². The van der Waals surface area contributed by atoms with E-state index in [1.165, 1.54) is 6.92 Å². The molecule has 0 saturated carbocycles. The van der Waals surface area contributed by atoms with Gasteiger partial charge in [-0.2, -0.15) is 5.10 Å². The summed E-state index contributed by atoms with van der Waals surface area (Å²) in [5.41, 5.74) is 3.22. The van der Waals surface area contributed by atoms with E-state index in [2.05, 4.69) is 10.4 Å². The molecule has 1 aromatic heterocycles. The number of hydrogen-bond acceptors (Lipinski definition) is 5. The van der Waals surface area contributed by atoms with E-state index in [1.54, 1.807) is 60.3 Å². The van der Waals surface area contributed by atoms with E-state index < -0.39 is 18.0 Å². The first-order valence-corrected chi connectivity index (χ1v) is 9.66. The maximum absolute atomic E-state index is 12.4. The van der Waals surface area contributed by atoms with Gasteiger partial charge in [-0.3, -0.25) is 4.79 Å². The van der Waals surface area contributed by atoms with Crippen LogP contribution in [0.25, 0.3) is 5.69 Å². The molecule has 0 aliphatic carbocycles. The van der Waals surface area contributed by atoms with Crippen molar-refractivity contribution < 1.29 is 19.1 Å². The first kappa shape index (κ1) is 21.4. The Labute approximate surface area is 179 Å². The van der Waals surface area contributed by atoms with Gasteiger partial charge in [-0.25, -0.2) is 9.48 Å². The first-order valence-electron chi connectivity index (χ1n) is 9.28. The van der Waals surface area contributed by atoms with Crippen LogP contribution in [-0.4, -0.2) is 34.9 Å². The Morgan fingerprint density at radius 3 is 2.23 bits per heavy atom. The fourth-order valence-corrected chi connectivity index (χ4v) is 2.93. The molecule has 0 fully saturated rings. The molecule has 3 aromatic rings. The summed E-state index contributed by atoms with van der Waals surface area (Å²) in [5.74, 6) is -0.341. The lowest BCUT2D eigenvalue weighted by atomic mass is 10.2. The minimum Gasteiger partial charge on any atom is -0.497 e. The molecule has 1 N–H and O–H groups in total. The van der Waals surface area contributed by atoms with Gasteiger partial charge in [0.15, 0.2) is 6.10 Å². The van der Waals surface area contributed by atoms with Gasteiger partial charge < -0.3 is 14.8 Å². The summed E-state index contributed by atoms with van der Waals surface area (Å²) in [4.78, 5) is 24.7. The summed E-state index contributed by atoms with van der Waals surface area (Å²) < 4.78 is 12.1. The molecule has 8 heteroatoms. The smallest absolute Gasteiger partial charge is 0.338 e. The van der Waals surface area contributed by atoms with Crippen LogP contribution in [0.15, 0.2) is 48.5 Å². The number of rotatable bonds is 6. The number of aromatic nitrogens is 2. The van der Waals surface area contributed by atoms with Gasteiger partial charge in [0.25, 0.3) is 5.91 Å². The number of aryl methyl sites for hydroxylation is 1. The van der Waals surface area contributed by atoms with Gasteiger partial charge in [-0.15, -0.1) is 0 Å². The van der Waals surface area contributed by atoms with Gasteiger partial charge in [0.1, 0.15) is 5.75 Å². The maximum Gasteiger partial charge on any atom is 0.338 e. The average molecular weight is 428 g/mol. The molecule has 0 bridgehead atoms. The summed E-state index contributed by atoms with van der Waals surface area (Å²) in [6.45, 7) is 5.21. The molecule has 1 unspecified atom stereocenters. The predicted molar refractivity (Wildman–Crippen MR) is 115 cm³/mol. The molecule has 1 heterocycles. The fourth-order valence-electron chi connectivity index (χ4n) is 2.81. The van der Waals surface area contributed by atoms with Crippen LogP contribution >= 0.6 is 11.6 Å². The van der Waals surface area contributed by atoms with Crippen LogP contribution < -0.4 is 10.1 Å². The van der Waals surface area contributed by atoms with Crippen molar-refractivity contribution in [3.8, 4) is 11.4 Å². The lowest BCUT2D eigenvalue weighted by Gasteiger charge is -2.14. The number of nitrogens with one attached hydrogen (secondary N) is 1. The molecular formula is C22H22ClN3O4. The van der Waals surface area contributed by atoms with Crippen LogP contribution in [0.3, 0.4) is 0 Å². The quantitative estimate of drug-likeness (QED) is 0.592. The highest BCUT2D eigenvalue weighted by Gasteiger charge is 2.19. The fraction of sp³-hybridized carbons (Fsp3) is 0.227. The number of carbonyl (C=O) groups is 2. The van der Waals surface area contributed by atoms with Crippen molar-refractivity contribution in [2.24, 2.45) is 0 Å². The van der Waals surface area contributed by atoms with Gasteiger partial charge in [-0.1, -0.05) is 11.6 Å². The van der Waals surface area contributed by atoms with Crippen LogP contribution in [0.1, 0.15) is 28.7 Å². The second-order valence-corrected chi connectivity index (χ2v) is 7.09. The molecular weight excluding hydrogens is 406 g/mol. The van der Waals surface area contributed by atoms with Gasteiger partial charge >= 0.3 is 5.97 Å². The number of carbonyl (C=O) groups excluding carboxylic acids is 2. The minimum absolute atomic E-state index is 0.329. The Morgan fingerprint density at radius 2 is 1.70 bits per heavy atom. The number of amides is 1. The molecule has 30 heavy (non-hydrogen) atoms. The standard InChI is InChI=1S/C22H22ClN3O4/c1-13-20(23)14(2)26(25-13)18-9-5-16(6-10-18)22(28)30-15(3)21(27)24-17-7-11-19(29-4)12-8-17/h5-12,15H,1-4H3,(H,24,27). The van der Waals surface area contributed by atoms with Crippen molar-refractivity contribution in [1.29, 1.82) is 0 Å². The molecule has 0 saturated heterocycles. The van der Waals surface area contributed by atoms with Crippen molar-refractivity contribution >= 4 is 29.2 Å². The van der Waals surface area contributed by atoms with Crippen molar-refractivity contribution in [3.05, 3.63) is 70.5 Å². The van der Waals surface area contributed by atoms with E-state index in [0.29, 0.717) is 22.0 Å². The van der Waals surface area contributed by atoms with E-state index >= 15 is 0 Å². The van der Waals surface area contributed by atoms with Crippen molar-refractivity contribution in [3.63, 3.8) is 0 Å². The molecule has 1 amide bonds. The summed E-state index contributed by atoms with van der Waals surface area (Å²) in [6.07, 6.45) is -0.964. The highest BCUT2D eigenvalue weighted by Crippen LogP contribution is 2.22. The van der Waals surface area contributed by atoms with E-state index in [1.807, 2.05) is 13.8 Å². The summed E-state index contributed by atoms with van der Waals surface area (Å²) >= 11 is 6.19. The molecule has 0 radical (unpaired) electrons. The van der Waals surface area contributed by atoms with Gasteiger partial charge in [-0.05, 0) is 69.3 Å². The zero-order chi connectivity index (χ0) is 21.8. The number of benzene rings is 2. The minimum atomic E-state index is -0.964. The summed E-state index contributed by atoms with van der Waals surface area (Å²) in [6, 6.07) is 13.6. The van der Waals surface area contributed by atoms with Gasteiger partial charge in [0.05, 0.1) is 34.8 Å². The third-order valence-electron chi connectivity index (χ3n) is 4.56. The highest BCUT2D eigenvalue weighted by atomic mass is 35.5. The molecule has 0 aliphatic heterocycles. The van der Waals surface area contributed by atoms with Crippen LogP contribution in [0.5, 0.6) is 5.75 Å². The van der Waals surface area contributed by atoms with Crippen molar-refractivity contribution in [2.45, 2.75) is 26.9 Å². The monoisotopic (exact) mass is 427 g/mol. The first-order chi connectivity index (χ1) is 14.3. The third kappa shape index (κ3) is 4.63. The number of halogens is 1. The number of ether oxygens (including phenoxy) is 2. The third-order valence-corrected chi connectivity index (χ3v) is 5.11. The number of hydrogen-bond donors (Lipinski definition) is 1. The highest BCUT2D eigenvalue weighted by molar-refractivity contribution is 6.31. The average Bonchev–Trinajstić information content (AvgIpc) is 3.01. The zero-order valence-electron chi connectivity index (χ0n) is 17.1. The predicted octanol–water partition coefficient (Wildman–Crippen LogP) is 4.34. The number of anilines is 1. The summed E-state index contributed by atoms with van der Waals surface area (Å²) in [5, 5.41) is 7.69. The molecule has 3 rings (SSSR count). The van der Waals surface area contributed by atoms with Crippen LogP contribution in [0.4, 0.5) is 5.69 Å². The normalized spacial score (nSPS) is 11.6. The molecule has 0 aliphatic rings. The van der Waals surface area contributed by atoms with Gasteiger partial charge in [0, 0.05) is 5.69 Å².